The van der Waals surface area contributed by atoms with Crippen LogP contribution in [0.5, 0.6) is 5.75 Å². The van der Waals surface area contributed by atoms with Gasteiger partial charge in [-0.25, -0.2) is 0 Å². The number of amides is 1. The highest BCUT2D eigenvalue weighted by Gasteiger charge is 2.14. The van der Waals surface area contributed by atoms with Crippen LogP contribution in [-0.4, -0.2) is 18.3 Å². The van der Waals surface area contributed by atoms with Crippen molar-refractivity contribution >= 4 is 35.0 Å². The van der Waals surface area contributed by atoms with Crippen molar-refractivity contribution in [1.82, 2.24) is 0 Å². The average molecular weight is 322 g/mol. The largest absolute Gasteiger partial charge is 0.481 e. The van der Waals surface area contributed by atoms with Crippen molar-refractivity contribution in [2.75, 3.05) is 11.6 Å². The zero-order chi connectivity index (χ0) is 15.2. The molecule has 2 aromatic carbocycles. The van der Waals surface area contributed by atoms with Crippen LogP contribution in [0.15, 0.2) is 53.4 Å². The molecule has 0 saturated heterocycles. The molecule has 1 N–H and O–H groups in total. The van der Waals surface area contributed by atoms with Gasteiger partial charge in [0.25, 0.3) is 5.91 Å². The third kappa shape index (κ3) is 4.69. The van der Waals surface area contributed by atoms with Crippen molar-refractivity contribution in [2.24, 2.45) is 0 Å². The number of hydrogen-bond donors (Lipinski definition) is 1. The van der Waals surface area contributed by atoms with E-state index in [9.17, 15) is 4.79 Å². The maximum Gasteiger partial charge on any atom is 0.265 e. The maximum atomic E-state index is 12.1. The topological polar surface area (TPSA) is 38.3 Å². The molecule has 0 fully saturated rings. The summed E-state index contributed by atoms with van der Waals surface area (Å²) >= 11 is 7.46. The Hall–Kier alpha value is -1.65. The number of hydrogen-bond acceptors (Lipinski definition) is 3. The number of nitrogens with one attached hydrogen (secondary N) is 1. The lowest BCUT2D eigenvalue weighted by Crippen LogP contribution is -2.30. The Kier molecular flexibility index (Phi) is 5.53. The second-order valence-electron chi connectivity index (χ2n) is 4.43. The van der Waals surface area contributed by atoms with Gasteiger partial charge in [-0.2, -0.15) is 0 Å². The molecule has 0 aliphatic heterocycles. The van der Waals surface area contributed by atoms with E-state index in [1.54, 1.807) is 43.0 Å². The quantitative estimate of drug-likeness (QED) is 0.826. The van der Waals surface area contributed by atoms with Crippen LogP contribution in [0.4, 0.5) is 5.69 Å². The molecule has 21 heavy (non-hydrogen) atoms. The van der Waals surface area contributed by atoms with E-state index in [1.165, 1.54) is 0 Å². The van der Waals surface area contributed by atoms with Gasteiger partial charge >= 0.3 is 0 Å². The predicted octanol–water partition coefficient (Wildman–Crippen LogP) is 4.47. The fourth-order valence-corrected chi connectivity index (χ4v) is 2.22. The summed E-state index contributed by atoms with van der Waals surface area (Å²) in [6.45, 7) is 1.71. The molecule has 0 saturated carbocycles. The third-order valence-corrected chi connectivity index (χ3v) is 3.85. The first-order chi connectivity index (χ1) is 10.1. The van der Waals surface area contributed by atoms with Crippen LogP contribution in [0.3, 0.4) is 0 Å². The minimum absolute atomic E-state index is 0.193. The molecular weight excluding hydrogens is 306 g/mol. The number of ether oxygens (including phenoxy) is 1. The molecule has 0 aromatic heterocycles. The Morgan fingerprint density at radius 2 is 1.76 bits per heavy atom. The van der Waals surface area contributed by atoms with E-state index < -0.39 is 6.10 Å². The van der Waals surface area contributed by atoms with E-state index >= 15 is 0 Å². The van der Waals surface area contributed by atoms with Gasteiger partial charge in [0, 0.05) is 15.6 Å². The van der Waals surface area contributed by atoms with Crippen molar-refractivity contribution in [3.63, 3.8) is 0 Å². The van der Waals surface area contributed by atoms with Gasteiger partial charge in [-0.05, 0) is 61.7 Å². The molecule has 3 nitrogen and oxygen atoms in total. The summed E-state index contributed by atoms with van der Waals surface area (Å²) in [5.74, 6) is 0.418. The summed E-state index contributed by atoms with van der Waals surface area (Å²) in [6, 6.07) is 14.6. The molecule has 0 aliphatic carbocycles. The zero-order valence-corrected chi connectivity index (χ0v) is 13.4. The molecule has 1 amide bonds. The standard InChI is InChI=1S/C16H16ClNO2S/c1-11(20-14-7-3-12(17)4-8-14)16(19)18-13-5-9-15(21-2)10-6-13/h3-11H,1-2H3,(H,18,19)/t11-/m1/s1. The SMILES string of the molecule is CSc1ccc(NC(=O)[C@@H](C)Oc2ccc(Cl)cc2)cc1. The number of thioether (sulfide) groups is 1. The Morgan fingerprint density at radius 3 is 2.33 bits per heavy atom. The van der Waals surface area contributed by atoms with Gasteiger partial charge < -0.3 is 10.1 Å². The monoisotopic (exact) mass is 321 g/mol. The third-order valence-electron chi connectivity index (χ3n) is 2.85. The normalized spacial score (nSPS) is 11.8. The second kappa shape index (κ2) is 7.38. The Bertz CT molecular complexity index is 599. The van der Waals surface area contributed by atoms with Gasteiger partial charge in [0.1, 0.15) is 5.75 Å². The smallest absolute Gasteiger partial charge is 0.265 e. The molecule has 1 atom stereocenters. The molecular formula is C16H16ClNO2S. The fraction of sp³-hybridized carbons (Fsp3) is 0.188. The molecule has 0 radical (unpaired) electrons. The fourth-order valence-electron chi connectivity index (χ4n) is 1.69. The van der Waals surface area contributed by atoms with Crippen molar-refractivity contribution in [1.29, 1.82) is 0 Å². The summed E-state index contributed by atoms with van der Waals surface area (Å²) in [6.07, 6.45) is 1.42. The van der Waals surface area contributed by atoms with Gasteiger partial charge in [-0.15, -0.1) is 11.8 Å². The van der Waals surface area contributed by atoms with Crippen molar-refractivity contribution < 1.29 is 9.53 Å². The molecule has 0 aliphatic rings. The van der Waals surface area contributed by atoms with Gasteiger partial charge in [0.05, 0.1) is 0 Å². The Labute approximate surface area is 133 Å². The van der Waals surface area contributed by atoms with Crippen LogP contribution in [0, 0.1) is 0 Å². The van der Waals surface area contributed by atoms with Crippen LogP contribution >= 0.6 is 23.4 Å². The van der Waals surface area contributed by atoms with Crippen LogP contribution in [0.1, 0.15) is 6.92 Å². The van der Waals surface area contributed by atoms with Crippen molar-refractivity contribution in [3.05, 3.63) is 53.6 Å². The minimum Gasteiger partial charge on any atom is -0.481 e. The van der Waals surface area contributed by atoms with Crippen LogP contribution in [0.25, 0.3) is 0 Å². The number of rotatable bonds is 5. The van der Waals surface area contributed by atoms with E-state index in [1.807, 2.05) is 30.5 Å². The number of anilines is 1. The molecule has 0 bridgehead atoms. The number of carbonyl (C=O) groups is 1. The molecule has 0 heterocycles. The van der Waals surface area contributed by atoms with Gasteiger partial charge in [0.2, 0.25) is 0 Å². The van der Waals surface area contributed by atoms with Crippen molar-refractivity contribution in [3.8, 4) is 5.75 Å². The van der Waals surface area contributed by atoms with E-state index in [4.69, 9.17) is 16.3 Å². The number of carbonyl (C=O) groups excluding carboxylic acids is 1. The first kappa shape index (κ1) is 15.7. The molecule has 0 unspecified atom stereocenters. The highest BCUT2D eigenvalue weighted by molar-refractivity contribution is 7.98. The van der Waals surface area contributed by atoms with E-state index in [-0.39, 0.29) is 5.91 Å². The first-order valence-corrected chi connectivity index (χ1v) is 8.06. The lowest BCUT2D eigenvalue weighted by molar-refractivity contribution is -0.122. The van der Waals surface area contributed by atoms with Gasteiger partial charge in [-0.3, -0.25) is 4.79 Å². The number of halogens is 1. The summed E-state index contributed by atoms with van der Waals surface area (Å²) in [5.41, 5.74) is 0.754. The average Bonchev–Trinajstić information content (AvgIpc) is 2.50. The predicted molar refractivity (Wildman–Crippen MR) is 88.4 cm³/mol. The maximum absolute atomic E-state index is 12.1. The molecule has 2 aromatic rings. The lowest BCUT2D eigenvalue weighted by Gasteiger charge is -2.15. The van der Waals surface area contributed by atoms with Gasteiger partial charge in [-0.1, -0.05) is 11.6 Å². The highest BCUT2D eigenvalue weighted by atomic mass is 35.5. The van der Waals surface area contributed by atoms with Crippen LogP contribution < -0.4 is 10.1 Å². The van der Waals surface area contributed by atoms with E-state index in [0.717, 1.165) is 10.6 Å². The van der Waals surface area contributed by atoms with E-state index in [0.29, 0.717) is 10.8 Å². The first-order valence-electron chi connectivity index (χ1n) is 6.45. The Morgan fingerprint density at radius 1 is 1.14 bits per heavy atom. The molecule has 110 valence electrons. The minimum atomic E-state index is -0.591. The van der Waals surface area contributed by atoms with Crippen LogP contribution in [0.2, 0.25) is 5.02 Å². The Balaban J connectivity index is 1.93. The molecule has 5 heteroatoms. The number of benzene rings is 2. The van der Waals surface area contributed by atoms with Crippen molar-refractivity contribution in [2.45, 2.75) is 17.9 Å². The summed E-state index contributed by atoms with van der Waals surface area (Å²) in [4.78, 5) is 13.2. The molecule has 2 rings (SSSR count). The van der Waals surface area contributed by atoms with Crippen LogP contribution in [-0.2, 0) is 4.79 Å². The summed E-state index contributed by atoms with van der Waals surface area (Å²) < 4.78 is 5.57. The highest BCUT2D eigenvalue weighted by Crippen LogP contribution is 2.19. The van der Waals surface area contributed by atoms with E-state index in [2.05, 4.69) is 5.32 Å². The van der Waals surface area contributed by atoms with Gasteiger partial charge in [0.15, 0.2) is 6.10 Å². The summed E-state index contributed by atoms with van der Waals surface area (Å²) in [7, 11) is 0. The lowest BCUT2D eigenvalue weighted by atomic mass is 10.3. The second-order valence-corrected chi connectivity index (χ2v) is 5.75. The molecule has 0 spiro atoms. The summed E-state index contributed by atoms with van der Waals surface area (Å²) in [5, 5.41) is 3.46. The zero-order valence-electron chi connectivity index (χ0n) is 11.8.